The van der Waals surface area contributed by atoms with Gasteiger partial charge in [0.05, 0.1) is 17.8 Å². The second-order valence-electron chi connectivity index (χ2n) is 8.09. The van der Waals surface area contributed by atoms with Crippen LogP contribution in [-0.4, -0.2) is 46.9 Å². The molecule has 3 fully saturated rings. The zero-order valence-electron chi connectivity index (χ0n) is 15.6. The third-order valence-electron chi connectivity index (χ3n) is 6.27. The zero-order valence-corrected chi connectivity index (χ0v) is 15.6. The molecular formula is C20H29N3O3. The summed E-state index contributed by atoms with van der Waals surface area (Å²) in [5, 5.41) is 4.62. The lowest BCUT2D eigenvalue weighted by atomic mass is 9.85. The van der Waals surface area contributed by atoms with E-state index in [0.29, 0.717) is 5.92 Å². The molecule has 1 aromatic heterocycles. The monoisotopic (exact) mass is 359 g/mol. The molecule has 2 aliphatic carbocycles. The molecule has 0 radical (unpaired) electrons. The van der Waals surface area contributed by atoms with Crippen molar-refractivity contribution in [2.45, 2.75) is 69.4 Å². The van der Waals surface area contributed by atoms with E-state index in [1.807, 2.05) is 11.0 Å². The van der Waals surface area contributed by atoms with E-state index in [0.717, 1.165) is 57.3 Å². The summed E-state index contributed by atoms with van der Waals surface area (Å²) in [6.45, 7) is 1.44. The van der Waals surface area contributed by atoms with Crippen LogP contribution < -0.4 is 5.56 Å². The molecular weight excluding hydrogens is 330 g/mol. The van der Waals surface area contributed by atoms with Crippen LogP contribution in [-0.2, 0) is 9.53 Å². The number of carbonyl (C=O) groups is 1. The minimum atomic E-state index is -0.0191. The number of piperidine rings is 1. The highest BCUT2D eigenvalue weighted by Gasteiger charge is 2.33. The van der Waals surface area contributed by atoms with E-state index >= 15 is 0 Å². The van der Waals surface area contributed by atoms with Crippen LogP contribution in [0.1, 0.15) is 69.0 Å². The third kappa shape index (κ3) is 3.70. The Morgan fingerprint density at radius 2 is 1.88 bits per heavy atom. The fourth-order valence-electron chi connectivity index (χ4n) is 4.47. The van der Waals surface area contributed by atoms with Gasteiger partial charge in [-0.1, -0.05) is 6.42 Å². The van der Waals surface area contributed by atoms with E-state index in [4.69, 9.17) is 4.74 Å². The van der Waals surface area contributed by atoms with Crippen molar-refractivity contribution in [2.24, 2.45) is 5.92 Å². The molecule has 0 N–H and O–H groups in total. The van der Waals surface area contributed by atoms with E-state index in [2.05, 4.69) is 5.10 Å². The molecule has 2 heterocycles. The second kappa shape index (κ2) is 7.51. The first-order chi connectivity index (χ1) is 12.7. The molecule has 1 aliphatic heterocycles. The molecule has 0 unspecified atom stereocenters. The first-order valence-corrected chi connectivity index (χ1v) is 10.1. The van der Waals surface area contributed by atoms with Crippen molar-refractivity contribution in [2.75, 3.05) is 20.2 Å². The molecule has 6 nitrogen and oxygen atoms in total. The Bertz CT molecular complexity index is 704. The number of ether oxygens (including phenoxy) is 1. The van der Waals surface area contributed by atoms with Crippen molar-refractivity contribution in [1.82, 2.24) is 14.7 Å². The topological polar surface area (TPSA) is 64.4 Å². The third-order valence-corrected chi connectivity index (χ3v) is 6.27. The summed E-state index contributed by atoms with van der Waals surface area (Å²) in [5.74, 6) is 0.921. The first-order valence-electron chi connectivity index (χ1n) is 10.1. The average Bonchev–Trinajstić information content (AvgIpc) is 3.53. The fraction of sp³-hybridized carbons (Fsp3) is 0.750. The maximum absolute atomic E-state index is 12.9. The van der Waals surface area contributed by atoms with Gasteiger partial charge in [0.2, 0.25) is 5.91 Å². The van der Waals surface area contributed by atoms with Crippen molar-refractivity contribution in [3.63, 3.8) is 0 Å². The number of carbonyl (C=O) groups excluding carboxylic acids is 1. The minimum Gasteiger partial charge on any atom is -0.381 e. The van der Waals surface area contributed by atoms with Crippen LogP contribution in [0.4, 0.5) is 0 Å². The molecule has 2 atom stereocenters. The molecule has 0 spiro atoms. The number of hydrogen-bond acceptors (Lipinski definition) is 4. The van der Waals surface area contributed by atoms with Gasteiger partial charge in [-0.15, -0.1) is 0 Å². The Morgan fingerprint density at radius 3 is 2.58 bits per heavy atom. The van der Waals surface area contributed by atoms with Crippen LogP contribution in [0.25, 0.3) is 0 Å². The van der Waals surface area contributed by atoms with Crippen molar-refractivity contribution in [1.29, 1.82) is 0 Å². The molecule has 0 aromatic carbocycles. The smallest absolute Gasteiger partial charge is 0.267 e. The molecule has 2 saturated carbocycles. The van der Waals surface area contributed by atoms with E-state index in [1.165, 1.54) is 12.8 Å². The molecule has 142 valence electrons. The number of methoxy groups -OCH3 is 1. The summed E-state index contributed by atoms with van der Waals surface area (Å²) < 4.78 is 7.14. The quantitative estimate of drug-likeness (QED) is 0.828. The minimum absolute atomic E-state index is 0.0191. The number of hydrogen-bond donors (Lipinski definition) is 0. The van der Waals surface area contributed by atoms with Crippen molar-refractivity contribution >= 4 is 5.91 Å². The second-order valence-corrected chi connectivity index (χ2v) is 8.09. The predicted octanol–water partition coefficient (Wildman–Crippen LogP) is 2.49. The first kappa shape index (κ1) is 17.7. The standard InChI is InChI=1S/C20H29N3O3/c1-26-17-4-2-3-15(13-17)20(25)22-11-9-16(10-12-22)23-19(24)8-7-18(21-23)14-5-6-14/h7-8,14-17H,2-6,9-13H2,1H3/t15-,17-/m0/s1. The normalized spacial score (nSPS) is 27.5. The van der Waals surface area contributed by atoms with Gasteiger partial charge in [-0.3, -0.25) is 9.59 Å². The van der Waals surface area contributed by atoms with Crippen LogP contribution in [0.15, 0.2) is 16.9 Å². The molecule has 4 rings (SSSR count). The highest BCUT2D eigenvalue weighted by atomic mass is 16.5. The average molecular weight is 359 g/mol. The summed E-state index contributed by atoms with van der Waals surface area (Å²) in [4.78, 5) is 27.1. The maximum Gasteiger partial charge on any atom is 0.267 e. The van der Waals surface area contributed by atoms with Gasteiger partial charge in [-0.25, -0.2) is 4.68 Å². The van der Waals surface area contributed by atoms with Crippen LogP contribution in [0.2, 0.25) is 0 Å². The molecule has 26 heavy (non-hydrogen) atoms. The molecule has 3 aliphatic rings. The number of aromatic nitrogens is 2. The molecule has 6 heteroatoms. The highest BCUT2D eigenvalue weighted by molar-refractivity contribution is 5.79. The van der Waals surface area contributed by atoms with Gasteiger partial charge in [-0.2, -0.15) is 5.10 Å². The molecule has 0 bridgehead atoms. The Balaban J connectivity index is 1.37. The van der Waals surface area contributed by atoms with Crippen molar-refractivity contribution in [3.05, 3.63) is 28.2 Å². The van der Waals surface area contributed by atoms with E-state index < -0.39 is 0 Å². The van der Waals surface area contributed by atoms with Crippen LogP contribution in [0.3, 0.4) is 0 Å². The van der Waals surface area contributed by atoms with Gasteiger partial charge in [-0.05, 0) is 51.0 Å². The van der Waals surface area contributed by atoms with Gasteiger partial charge >= 0.3 is 0 Å². The van der Waals surface area contributed by atoms with Crippen molar-refractivity contribution in [3.8, 4) is 0 Å². The Labute approximate surface area is 154 Å². The van der Waals surface area contributed by atoms with E-state index in [1.54, 1.807) is 17.9 Å². The Morgan fingerprint density at radius 1 is 1.12 bits per heavy atom. The van der Waals surface area contributed by atoms with Gasteiger partial charge in [0.25, 0.3) is 5.56 Å². The lowest BCUT2D eigenvalue weighted by molar-refractivity contribution is -0.139. The predicted molar refractivity (Wildman–Crippen MR) is 98.1 cm³/mol. The zero-order chi connectivity index (χ0) is 18.1. The fourth-order valence-corrected chi connectivity index (χ4v) is 4.47. The largest absolute Gasteiger partial charge is 0.381 e. The Kier molecular flexibility index (Phi) is 5.11. The van der Waals surface area contributed by atoms with Gasteiger partial charge in [0.15, 0.2) is 0 Å². The molecule has 1 aromatic rings. The van der Waals surface area contributed by atoms with Crippen molar-refractivity contribution < 1.29 is 9.53 Å². The van der Waals surface area contributed by atoms with Gasteiger partial charge < -0.3 is 9.64 Å². The lowest BCUT2D eigenvalue weighted by Crippen LogP contribution is -2.45. The van der Waals surface area contributed by atoms with Crippen LogP contribution >= 0.6 is 0 Å². The summed E-state index contributed by atoms with van der Waals surface area (Å²) in [7, 11) is 1.74. The number of nitrogens with zero attached hydrogens (tertiary/aromatic N) is 3. The summed E-state index contributed by atoms with van der Waals surface area (Å²) >= 11 is 0. The lowest BCUT2D eigenvalue weighted by Gasteiger charge is -2.36. The summed E-state index contributed by atoms with van der Waals surface area (Å²) in [6, 6.07) is 3.65. The summed E-state index contributed by atoms with van der Waals surface area (Å²) in [6.07, 6.45) is 8.17. The van der Waals surface area contributed by atoms with E-state index in [-0.39, 0.29) is 29.5 Å². The van der Waals surface area contributed by atoms with Gasteiger partial charge in [0.1, 0.15) is 0 Å². The maximum atomic E-state index is 12.9. The van der Waals surface area contributed by atoms with Crippen LogP contribution in [0, 0.1) is 5.92 Å². The number of rotatable bonds is 4. The van der Waals surface area contributed by atoms with Crippen LogP contribution in [0.5, 0.6) is 0 Å². The highest BCUT2D eigenvalue weighted by Crippen LogP contribution is 2.38. The molecule has 1 saturated heterocycles. The number of likely N-dealkylation sites (tertiary alicyclic amines) is 1. The number of amides is 1. The SMILES string of the molecule is CO[C@H]1CCC[C@H](C(=O)N2CCC(n3nc(C4CC4)ccc3=O)CC2)C1. The summed E-state index contributed by atoms with van der Waals surface area (Å²) in [5.41, 5.74) is 1.03. The Hall–Kier alpha value is -1.69. The van der Waals surface area contributed by atoms with E-state index in [9.17, 15) is 9.59 Å². The molecule has 1 amide bonds. The van der Waals surface area contributed by atoms with Gasteiger partial charge in [0, 0.05) is 38.1 Å².